The minimum Gasteiger partial charge on any atom is -0.477 e. The molecule has 8 heteroatoms. The maximum absolute atomic E-state index is 12.6. The zero-order chi connectivity index (χ0) is 17.6. The Morgan fingerprint density at radius 1 is 1.32 bits per heavy atom. The summed E-state index contributed by atoms with van der Waals surface area (Å²) in [4.78, 5) is 27.0. The fraction of sp³-hybridized carbons (Fsp3) is 0.294. The molecular weight excluding hydrogens is 320 g/mol. The summed E-state index contributed by atoms with van der Waals surface area (Å²) in [6.45, 7) is 1.48. The molecule has 25 heavy (non-hydrogen) atoms. The van der Waals surface area contributed by atoms with Crippen molar-refractivity contribution in [2.24, 2.45) is 0 Å². The van der Waals surface area contributed by atoms with Gasteiger partial charge in [-0.3, -0.25) is 14.9 Å². The van der Waals surface area contributed by atoms with Gasteiger partial charge in [0.2, 0.25) is 5.88 Å². The molecule has 0 aromatic carbocycles. The quantitative estimate of drug-likeness (QED) is 0.653. The highest BCUT2D eigenvalue weighted by Crippen LogP contribution is 2.15. The average Bonchev–Trinajstić information content (AvgIpc) is 3.01. The van der Waals surface area contributed by atoms with Gasteiger partial charge in [-0.05, 0) is 26.6 Å². The maximum Gasteiger partial charge on any atom is 0.280 e. The largest absolute Gasteiger partial charge is 0.477 e. The Bertz CT molecular complexity index is 872. The van der Waals surface area contributed by atoms with Gasteiger partial charge in [0.05, 0.1) is 12.2 Å². The minimum atomic E-state index is -0.203. The van der Waals surface area contributed by atoms with Gasteiger partial charge in [-0.2, -0.15) is 0 Å². The van der Waals surface area contributed by atoms with Crippen LogP contribution in [-0.2, 0) is 0 Å². The second-order valence-corrected chi connectivity index (χ2v) is 5.79. The van der Waals surface area contributed by atoms with Crippen LogP contribution in [0.2, 0.25) is 0 Å². The molecular formula is C17H20N6O2. The number of nitrogens with one attached hydrogen (secondary N) is 1. The van der Waals surface area contributed by atoms with E-state index in [0.29, 0.717) is 23.9 Å². The number of hydrogen-bond acceptors (Lipinski definition) is 6. The van der Waals surface area contributed by atoms with E-state index in [1.54, 1.807) is 30.7 Å². The van der Waals surface area contributed by atoms with E-state index in [1.807, 2.05) is 20.2 Å². The summed E-state index contributed by atoms with van der Waals surface area (Å²) < 4.78 is 6.99. The zero-order valence-corrected chi connectivity index (χ0v) is 14.2. The lowest BCUT2D eigenvalue weighted by Crippen LogP contribution is -2.18. The van der Waals surface area contributed by atoms with Crippen molar-refractivity contribution >= 4 is 0 Å². The molecule has 3 aromatic heterocycles. The van der Waals surface area contributed by atoms with Crippen molar-refractivity contribution in [3.8, 4) is 22.8 Å². The third kappa shape index (κ3) is 4.10. The standard InChI is InChI=1S/C17H20N6O2/c1-22(2)7-4-8-25-16-9-15(19-12-20-16)23-17(24)14(11-21-23)13-5-3-6-18-10-13/h3,5-6,9-12,21H,4,7-8H2,1-2H3. The molecule has 0 amide bonds. The van der Waals surface area contributed by atoms with Crippen LogP contribution in [0, 0.1) is 0 Å². The molecule has 3 heterocycles. The first-order chi connectivity index (χ1) is 12.1. The first-order valence-corrected chi connectivity index (χ1v) is 7.96. The number of aromatic amines is 1. The zero-order valence-electron chi connectivity index (χ0n) is 14.2. The van der Waals surface area contributed by atoms with Crippen LogP contribution < -0.4 is 10.3 Å². The highest BCUT2D eigenvalue weighted by Gasteiger charge is 2.11. The summed E-state index contributed by atoms with van der Waals surface area (Å²) in [5.41, 5.74) is 1.07. The SMILES string of the molecule is CN(C)CCCOc1cc(-n2[nH]cc(-c3cccnc3)c2=O)ncn1. The molecule has 0 saturated heterocycles. The number of pyridine rings is 1. The van der Waals surface area contributed by atoms with Crippen molar-refractivity contribution in [3.05, 3.63) is 53.5 Å². The van der Waals surface area contributed by atoms with Gasteiger partial charge in [0.25, 0.3) is 5.56 Å². The van der Waals surface area contributed by atoms with Gasteiger partial charge in [-0.1, -0.05) is 6.07 Å². The summed E-state index contributed by atoms with van der Waals surface area (Å²) in [5, 5.41) is 2.92. The topological polar surface area (TPSA) is 88.9 Å². The molecule has 130 valence electrons. The monoisotopic (exact) mass is 340 g/mol. The van der Waals surface area contributed by atoms with Crippen LogP contribution in [0.5, 0.6) is 5.88 Å². The normalized spacial score (nSPS) is 11.0. The molecule has 0 radical (unpaired) electrons. The molecule has 8 nitrogen and oxygen atoms in total. The predicted octanol–water partition coefficient (Wildman–Crippen LogP) is 1.35. The molecule has 0 aliphatic carbocycles. The van der Waals surface area contributed by atoms with Gasteiger partial charge in [-0.15, -0.1) is 0 Å². The first kappa shape index (κ1) is 16.8. The maximum atomic E-state index is 12.6. The van der Waals surface area contributed by atoms with Crippen LogP contribution >= 0.6 is 0 Å². The fourth-order valence-electron chi connectivity index (χ4n) is 2.36. The first-order valence-electron chi connectivity index (χ1n) is 7.96. The summed E-state index contributed by atoms with van der Waals surface area (Å²) in [6.07, 6.45) is 7.22. The molecule has 1 N–H and O–H groups in total. The molecule has 0 aliphatic heterocycles. The molecule has 0 bridgehead atoms. The number of hydrogen-bond donors (Lipinski definition) is 1. The van der Waals surface area contributed by atoms with Gasteiger partial charge in [0.15, 0.2) is 5.82 Å². The summed E-state index contributed by atoms with van der Waals surface area (Å²) in [6, 6.07) is 5.26. The molecule has 0 spiro atoms. The van der Waals surface area contributed by atoms with E-state index in [9.17, 15) is 4.79 Å². The van der Waals surface area contributed by atoms with Crippen LogP contribution in [0.1, 0.15) is 6.42 Å². The van der Waals surface area contributed by atoms with Crippen molar-refractivity contribution in [1.82, 2.24) is 29.6 Å². The Hall–Kier alpha value is -3.00. The van der Waals surface area contributed by atoms with Gasteiger partial charge in [0.1, 0.15) is 6.33 Å². The summed E-state index contributed by atoms with van der Waals surface area (Å²) in [5.74, 6) is 0.867. The van der Waals surface area contributed by atoms with Crippen LogP contribution in [0.25, 0.3) is 16.9 Å². The van der Waals surface area contributed by atoms with Gasteiger partial charge in [0, 0.05) is 36.8 Å². The van der Waals surface area contributed by atoms with Crippen molar-refractivity contribution in [3.63, 3.8) is 0 Å². The van der Waals surface area contributed by atoms with Crippen LogP contribution in [0.15, 0.2) is 47.9 Å². The Morgan fingerprint density at radius 3 is 2.96 bits per heavy atom. The Balaban J connectivity index is 1.78. The Labute approximate surface area is 145 Å². The minimum absolute atomic E-state index is 0.203. The third-order valence-electron chi connectivity index (χ3n) is 3.60. The number of H-pyrrole nitrogens is 1. The number of aromatic nitrogens is 5. The van der Waals surface area contributed by atoms with E-state index >= 15 is 0 Å². The average molecular weight is 340 g/mol. The summed E-state index contributed by atoms with van der Waals surface area (Å²) in [7, 11) is 4.03. The fourth-order valence-corrected chi connectivity index (χ4v) is 2.36. The molecule has 0 atom stereocenters. The van der Waals surface area contributed by atoms with E-state index in [2.05, 4.69) is 25.0 Å². The lowest BCUT2D eigenvalue weighted by Gasteiger charge is -2.10. The smallest absolute Gasteiger partial charge is 0.280 e. The van der Waals surface area contributed by atoms with Crippen LogP contribution in [-0.4, -0.2) is 56.9 Å². The van der Waals surface area contributed by atoms with Crippen molar-refractivity contribution in [2.75, 3.05) is 27.2 Å². The molecule has 0 saturated carbocycles. The lowest BCUT2D eigenvalue weighted by molar-refractivity contribution is 0.272. The lowest BCUT2D eigenvalue weighted by atomic mass is 10.2. The highest BCUT2D eigenvalue weighted by molar-refractivity contribution is 5.60. The third-order valence-corrected chi connectivity index (χ3v) is 3.60. The number of ether oxygens (including phenoxy) is 1. The highest BCUT2D eigenvalue weighted by atomic mass is 16.5. The molecule has 0 fully saturated rings. The second-order valence-electron chi connectivity index (χ2n) is 5.79. The second kappa shape index (κ2) is 7.71. The molecule has 0 aliphatic rings. The van der Waals surface area contributed by atoms with E-state index < -0.39 is 0 Å². The van der Waals surface area contributed by atoms with E-state index in [4.69, 9.17) is 4.74 Å². The molecule has 3 rings (SSSR count). The van der Waals surface area contributed by atoms with Gasteiger partial charge >= 0.3 is 0 Å². The van der Waals surface area contributed by atoms with E-state index in [0.717, 1.165) is 18.5 Å². The summed E-state index contributed by atoms with van der Waals surface area (Å²) >= 11 is 0. The Kier molecular flexibility index (Phi) is 5.20. The van der Waals surface area contributed by atoms with E-state index in [1.165, 1.54) is 11.0 Å². The van der Waals surface area contributed by atoms with Crippen molar-refractivity contribution in [1.29, 1.82) is 0 Å². The van der Waals surface area contributed by atoms with Crippen molar-refractivity contribution < 1.29 is 4.74 Å². The van der Waals surface area contributed by atoms with E-state index in [-0.39, 0.29) is 5.56 Å². The molecule has 3 aromatic rings. The van der Waals surface area contributed by atoms with Crippen LogP contribution in [0.3, 0.4) is 0 Å². The predicted molar refractivity (Wildman–Crippen MR) is 93.9 cm³/mol. The number of nitrogens with zero attached hydrogens (tertiary/aromatic N) is 5. The Morgan fingerprint density at radius 2 is 2.20 bits per heavy atom. The van der Waals surface area contributed by atoms with Gasteiger partial charge in [-0.25, -0.2) is 14.6 Å². The van der Waals surface area contributed by atoms with Gasteiger partial charge < -0.3 is 9.64 Å². The van der Waals surface area contributed by atoms with Crippen molar-refractivity contribution in [2.45, 2.75) is 6.42 Å². The number of rotatable bonds is 7. The molecule has 0 unspecified atom stereocenters. The van der Waals surface area contributed by atoms with Crippen LogP contribution in [0.4, 0.5) is 0 Å².